The number of amides is 2. The summed E-state index contributed by atoms with van der Waals surface area (Å²) in [4.78, 5) is 25.5. The van der Waals surface area contributed by atoms with Crippen LogP contribution in [0.25, 0.3) is 0 Å². The first-order chi connectivity index (χ1) is 12.8. The smallest absolute Gasteiger partial charge is 0.408 e. The van der Waals surface area contributed by atoms with E-state index >= 15 is 0 Å². The van der Waals surface area contributed by atoms with Crippen LogP contribution in [0, 0.1) is 0 Å². The van der Waals surface area contributed by atoms with E-state index in [1.165, 1.54) is 0 Å². The Morgan fingerprint density at radius 1 is 1.32 bits per heavy atom. The van der Waals surface area contributed by atoms with Crippen LogP contribution in [0.2, 0.25) is 5.02 Å². The van der Waals surface area contributed by atoms with Gasteiger partial charge in [-0.3, -0.25) is 4.79 Å². The molecule has 1 aromatic rings. The molecule has 0 aliphatic carbocycles. The zero-order valence-electron chi connectivity index (χ0n) is 16.1. The molecule has 1 fully saturated rings. The van der Waals surface area contributed by atoms with E-state index in [1.807, 2.05) is 0 Å². The second-order valence-corrected chi connectivity index (χ2v) is 8.35. The topological polar surface area (TPSA) is 58.6 Å². The van der Waals surface area contributed by atoms with Crippen molar-refractivity contribution in [2.24, 2.45) is 0 Å². The van der Waals surface area contributed by atoms with Gasteiger partial charge in [-0.25, -0.2) is 4.79 Å². The Bertz CT molecular complexity index is 734. The Morgan fingerprint density at radius 2 is 1.96 bits per heavy atom. The van der Waals surface area contributed by atoms with E-state index in [-0.39, 0.29) is 6.42 Å². The zero-order valence-corrected chi connectivity index (χ0v) is 16.9. The fraction of sp³-hybridized carbons (Fsp3) is 0.579. The van der Waals surface area contributed by atoms with Crippen LogP contribution in [0.4, 0.5) is 18.0 Å². The second-order valence-electron chi connectivity index (χ2n) is 7.92. The Morgan fingerprint density at radius 3 is 2.50 bits per heavy atom. The van der Waals surface area contributed by atoms with Crippen molar-refractivity contribution in [3.05, 3.63) is 34.9 Å². The lowest BCUT2D eigenvalue weighted by molar-refractivity contribution is -0.170. The van der Waals surface area contributed by atoms with Gasteiger partial charge in [0, 0.05) is 17.0 Å². The van der Waals surface area contributed by atoms with Crippen LogP contribution in [0.5, 0.6) is 0 Å². The molecule has 1 aliphatic rings. The van der Waals surface area contributed by atoms with E-state index in [1.54, 1.807) is 52.0 Å². The molecule has 0 bridgehead atoms. The molecule has 1 heterocycles. The number of likely N-dealkylation sites (tertiary alicyclic amines) is 1. The zero-order chi connectivity index (χ0) is 21.3. The van der Waals surface area contributed by atoms with Crippen molar-refractivity contribution in [1.82, 2.24) is 10.2 Å². The largest absolute Gasteiger partial charge is 0.444 e. The average Bonchev–Trinajstić information content (AvgIpc) is 2.51. The van der Waals surface area contributed by atoms with Gasteiger partial charge >= 0.3 is 12.3 Å². The molecule has 0 spiro atoms. The second kappa shape index (κ2) is 8.19. The van der Waals surface area contributed by atoms with Crippen molar-refractivity contribution in [2.75, 3.05) is 6.54 Å². The molecule has 0 radical (unpaired) electrons. The minimum atomic E-state index is -4.56. The highest BCUT2D eigenvalue weighted by Crippen LogP contribution is 2.36. The molecule has 28 heavy (non-hydrogen) atoms. The highest BCUT2D eigenvalue weighted by Gasteiger charge is 2.45. The van der Waals surface area contributed by atoms with Gasteiger partial charge in [0.2, 0.25) is 5.91 Å². The summed E-state index contributed by atoms with van der Waals surface area (Å²) in [6.07, 6.45) is -5.26. The molecule has 0 unspecified atom stereocenters. The van der Waals surface area contributed by atoms with Gasteiger partial charge in [-0.2, -0.15) is 13.2 Å². The predicted molar refractivity (Wildman–Crippen MR) is 99.2 cm³/mol. The lowest BCUT2D eigenvalue weighted by atomic mass is 9.82. The third-order valence-corrected chi connectivity index (χ3v) is 4.70. The fourth-order valence-corrected chi connectivity index (χ4v) is 3.51. The van der Waals surface area contributed by atoms with Crippen LogP contribution in [0.15, 0.2) is 24.3 Å². The van der Waals surface area contributed by atoms with Gasteiger partial charge in [0.1, 0.15) is 18.2 Å². The Labute approximate surface area is 167 Å². The number of nitrogens with zero attached hydrogens (tertiary/aromatic N) is 1. The summed E-state index contributed by atoms with van der Waals surface area (Å²) in [7, 11) is 0. The molecule has 9 heteroatoms. The van der Waals surface area contributed by atoms with E-state index in [0.29, 0.717) is 10.6 Å². The molecule has 156 valence electrons. The van der Waals surface area contributed by atoms with Crippen molar-refractivity contribution in [2.45, 2.75) is 63.9 Å². The third-order valence-electron chi connectivity index (χ3n) is 4.46. The maximum Gasteiger partial charge on any atom is 0.408 e. The monoisotopic (exact) mass is 420 g/mol. The number of carbonyl (C=O) groups is 2. The normalized spacial score (nSPS) is 23.5. The molecule has 2 amide bonds. The maximum atomic E-state index is 13.1. The third kappa shape index (κ3) is 6.02. The maximum absolute atomic E-state index is 13.1. The lowest BCUT2D eigenvalue weighted by Gasteiger charge is -2.43. The van der Waals surface area contributed by atoms with Crippen LogP contribution >= 0.6 is 11.6 Å². The number of halogens is 4. The molecule has 1 aromatic carbocycles. The van der Waals surface area contributed by atoms with Gasteiger partial charge in [-0.1, -0.05) is 23.7 Å². The number of carbonyl (C=O) groups excluding carboxylic acids is 2. The van der Waals surface area contributed by atoms with Gasteiger partial charge in [0.05, 0.1) is 0 Å². The first-order valence-corrected chi connectivity index (χ1v) is 9.27. The molecule has 5 nitrogen and oxygen atoms in total. The molecule has 2 rings (SSSR count). The number of piperidine rings is 1. The van der Waals surface area contributed by atoms with Crippen molar-refractivity contribution < 1.29 is 27.5 Å². The quantitative estimate of drug-likeness (QED) is 0.783. The lowest BCUT2D eigenvalue weighted by Crippen LogP contribution is -2.60. The summed E-state index contributed by atoms with van der Waals surface area (Å²) in [5.74, 6) is -1.22. The van der Waals surface area contributed by atoms with Gasteiger partial charge in [0.15, 0.2) is 0 Å². The summed E-state index contributed by atoms with van der Waals surface area (Å²) >= 11 is 6.03. The number of nitrogens with one attached hydrogen (secondary N) is 1. The summed E-state index contributed by atoms with van der Waals surface area (Å²) in [5, 5.41) is 2.87. The molecule has 0 saturated carbocycles. The SMILES string of the molecule is C[C@@H]1[C@H](c2cccc(Cl)c2)C[C@H](NC(=O)OC(C)(C)C)C(=O)N1CC(F)(F)F. The summed E-state index contributed by atoms with van der Waals surface area (Å²) in [5.41, 5.74) is -0.0942. The van der Waals surface area contributed by atoms with E-state index in [0.717, 1.165) is 4.90 Å². The van der Waals surface area contributed by atoms with E-state index in [9.17, 15) is 22.8 Å². The average molecular weight is 421 g/mol. The number of rotatable bonds is 3. The molecule has 1 saturated heterocycles. The van der Waals surface area contributed by atoms with Crippen LogP contribution in [0.1, 0.15) is 45.6 Å². The Kier molecular flexibility index (Phi) is 6.53. The number of hydrogen-bond acceptors (Lipinski definition) is 3. The predicted octanol–water partition coefficient (Wildman–Crippen LogP) is 4.50. The van der Waals surface area contributed by atoms with Gasteiger partial charge < -0.3 is 15.0 Å². The van der Waals surface area contributed by atoms with Gasteiger partial charge in [0.25, 0.3) is 0 Å². The standard InChI is InChI=1S/C19H24ClF3N2O3/c1-11-14(12-6-5-7-13(20)8-12)9-15(24-17(27)28-18(2,3)4)16(26)25(11)10-19(21,22)23/h5-8,11,14-15H,9-10H2,1-4H3,(H,24,27)/t11-,14-,15+/m1/s1. The minimum Gasteiger partial charge on any atom is -0.444 e. The van der Waals surface area contributed by atoms with Gasteiger partial charge in [-0.15, -0.1) is 0 Å². The van der Waals surface area contributed by atoms with Crippen molar-refractivity contribution in [3.63, 3.8) is 0 Å². The number of ether oxygens (including phenoxy) is 1. The number of hydrogen-bond donors (Lipinski definition) is 1. The van der Waals surface area contributed by atoms with Crippen LogP contribution < -0.4 is 5.32 Å². The number of alkyl halides is 3. The minimum absolute atomic E-state index is 0.147. The van der Waals surface area contributed by atoms with Crippen LogP contribution in [0.3, 0.4) is 0 Å². The van der Waals surface area contributed by atoms with E-state index < -0.39 is 48.3 Å². The molecule has 1 aliphatic heterocycles. The highest BCUT2D eigenvalue weighted by atomic mass is 35.5. The molecule has 3 atom stereocenters. The van der Waals surface area contributed by atoms with Crippen molar-refractivity contribution in [3.8, 4) is 0 Å². The highest BCUT2D eigenvalue weighted by molar-refractivity contribution is 6.30. The first kappa shape index (κ1) is 22.3. The van der Waals surface area contributed by atoms with E-state index in [4.69, 9.17) is 16.3 Å². The van der Waals surface area contributed by atoms with Crippen molar-refractivity contribution in [1.29, 1.82) is 0 Å². The number of alkyl carbamates (subject to hydrolysis) is 1. The van der Waals surface area contributed by atoms with Crippen LogP contribution in [-0.2, 0) is 9.53 Å². The van der Waals surface area contributed by atoms with E-state index in [2.05, 4.69) is 5.32 Å². The van der Waals surface area contributed by atoms with Crippen LogP contribution in [-0.4, -0.2) is 47.3 Å². The Hall–Kier alpha value is -1.96. The summed E-state index contributed by atoms with van der Waals surface area (Å²) < 4.78 is 44.3. The molecular weight excluding hydrogens is 397 g/mol. The summed E-state index contributed by atoms with van der Waals surface area (Å²) in [6.45, 7) is 5.14. The molecule has 1 N–H and O–H groups in total. The number of benzene rings is 1. The first-order valence-electron chi connectivity index (χ1n) is 8.89. The molecular formula is C19H24ClF3N2O3. The Balaban J connectivity index is 2.31. The van der Waals surface area contributed by atoms with Crippen molar-refractivity contribution >= 4 is 23.6 Å². The molecule has 0 aromatic heterocycles. The fourth-order valence-electron chi connectivity index (χ4n) is 3.31. The summed E-state index contributed by atoms with van der Waals surface area (Å²) in [6, 6.07) is 4.92. The van der Waals surface area contributed by atoms with Gasteiger partial charge in [-0.05, 0) is 51.8 Å².